The second-order valence-corrected chi connectivity index (χ2v) is 10.00. The first-order valence-corrected chi connectivity index (χ1v) is 12.5. The number of benzene rings is 2. The van der Waals surface area contributed by atoms with Gasteiger partial charge in [0.15, 0.2) is 0 Å². The molecule has 0 aromatic heterocycles. The molecule has 3 amide bonds. The molecule has 1 heterocycles. The molecule has 0 saturated heterocycles. The lowest BCUT2D eigenvalue weighted by Gasteiger charge is -2.32. The summed E-state index contributed by atoms with van der Waals surface area (Å²) in [6, 6.07) is 9.69. The molecule has 3 rings (SSSR count). The van der Waals surface area contributed by atoms with Gasteiger partial charge in [-0.15, -0.1) is 0 Å². The van der Waals surface area contributed by atoms with Crippen LogP contribution < -0.4 is 5.32 Å². The second kappa shape index (κ2) is 10.1. The van der Waals surface area contributed by atoms with Gasteiger partial charge in [0.2, 0.25) is 11.8 Å². The topological polar surface area (TPSA) is 104 Å². The van der Waals surface area contributed by atoms with Crippen LogP contribution in [0.2, 0.25) is 10.0 Å². The number of amides is 3. The maximum absolute atomic E-state index is 13.4. The molecular formula is C22H23Cl2N3O5S. The molecule has 1 aliphatic heterocycles. The number of carbonyl (C=O) groups excluding carboxylic acids is 3. The van der Waals surface area contributed by atoms with Crippen LogP contribution in [0.5, 0.6) is 0 Å². The van der Waals surface area contributed by atoms with Crippen molar-refractivity contribution in [3.05, 3.63) is 63.6 Å². The highest BCUT2D eigenvalue weighted by Crippen LogP contribution is 2.31. The van der Waals surface area contributed by atoms with E-state index in [9.17, 15) is 22.8 Å². The lowest BCUT2D eigenvalue weighted by molar-refractivity contribution is -0.141. The van der Waals surface area contributed by atoms with Crippen LogP contribution in [0.1, 0.15) is 36.2 Å². The molecule has 1 aliphatic rings. The number of fused-ring (bicyclic) bond motifs is 1. The molecule has 11 heteroatoms. The third kappa shape index (κ3) is 4.85. The molecule has 0 unspecified atom stereocenters. The number of carbonyl (C=O) groups is 3. The monoisotopic (exact) mass is 511 g/mol. The SMILES string of the molecule is CCNC(=O)[C@H](CC)N(Cc1c(Cl)cccc1Cl)C(=O)CN1C(=O)c2ccccc2S1(=O)=O. The summed E-state index contributed by atoms with van der Waals surface area (Å²) in [4.78, 5) is 40.0. The Morgan fingerprint density at radius 3 is 2.27 bits per heavy atom. The number of hydrogen-bond acceptors (Lipinski definition) is 5. The fraction of sp³-hybridized carbons (Fsp3) is 0.318. The summed E-state index contributed by atoms with van der Waals surface area (Å²) >= 11 is 12.6. The van der Waals surface area contributed by atoms with E-state index in [4.69, 9.17) is 23.2 Å². The van der Waals surface area contributed by atoms with Gasteiger partial charge in [-0.25, -0.2) is 12.7 Å². The third-order valence-corrected chi connectivity index (χ3v) is 7.81. The lowest BCUT2D eigenvalue weighted by atomic mass is 10.1. The van der Waals surface area contributed by atoms with Gasteiger partial charge in [-0.3, -0.25) is 14.4 Å². The number of hydrogen-bond donors (Lipinski definition) is 1. The molecule has 1 N–H and O–H groups in total. The van der Waals surface area contributed by atoms with Crippen molar-refractivity contribution in [3.8, 4) is 0 Å². The van der Waals surface area contributed by atoms with E-state index in [0.29, 0.717) is 26.5 Å². The quantitative estimate of drug-likeness (QED) is 0.586. The van der Waals surface area contributed by atoms with Crippen molar-refractivity contribution in [1.82, 2.24) is 14.5 Å². The Bertz CT molecular complexity index is 1180. The highest BCUT2D eigenvalue weighted by atomic mass is 35.5. The summed E-state index contributed by atoms with van der Waals surface area (Å²) in [6.45, 7) is 2.92. The van der Waals surface area contributed by atoms with Crippen LogP contribution in [0.15, 0.2) is 47.4 Å². The minimum Gasteiger partial charge on any atom is -0.355 e. The fourth-order valence-electron chi connectivity index (χ4n) is 3.67. The Morgan fingerprint density at radius 2 is 1.70 bits per heavy atom. The van der Waals surface area contributed by atoms with E-state index in [1.807, 2.05) is 0 Å². The molecule has 0 radical (unpaired) electrons. The molecule has 0 fully saturated rings. The number of likely N-dealkylation sites (N-methyl/N-ethyl adjacent to an activating group) is 1. The zero-order valence-electron chi connectivity index (χ0n) is 18.0. The van der Waals surface area contributed by atoms with E-state index in [-0.39, 0.29) is 23.4 Å². The molecule has 33 heavy (non-hydrogen) atoms. The summed E-state index contributed by atoms with van der Waals surface area (Å²) in [6.07, 6.45) is 0.251. The lowest BCUT2D eigenvalue weighted by Crippen LogP contribution is -2.52. The van der Waals surface area contributed by atoms with E-state index in [0.717, 1.165) is 0 Å². The maximum Gasteiger partial charge on any atom is 0.269 e. The molecule has 0 spiro atoms. The average molecular weight is 512 g/mol. The number of nitrogens with zero attached hydrogens (tertiary/aromatic N) is 2. The number of sulfonamides is 1. The van der Waals surface area contributed by atoms with Gasteiger partial charge < -0.3 is 10.2 Å². The molecule has 0 bridgehead atoms. The van der Waals surface area contributed by atoms with Crippen LogP contribution >= 0.6 is 23.2 Å². The molecule has 2 aromatic carbocycles. The zero-order valence-corrected chi connectivity index (χ0v) is 20.4. The smallest absolute Gasteiger partial charge is 0.269 e. The van der Waals surface area contributed by atoms with Gasteiger partial charge in [-0.1, -0.05) is 48.3 Å². The largest absolute Gasteiger partial charge is 0.355 e. The first-order valence-electron chi connectivity index (χ1n) is 10.3. The van der Waals surface area contributed by atoms with Crippen molar-refractivity contribution in [2.75, 3.05) is 13.1 Å². The highest BCUT2D eigenvalue weighted by Gasteiger charge is 2.43. The van der Waals surface area contributed by atoms with E-state index >= 15 is 0 Å². The van der Waals surface area contributed by atoms with E-state index in [1.165, 1.54) is 23.1 Å². The van der Waals surface area contributed by atoms with E-state index in [2.05, 4.69) is 5.32 Å². The first-order chi connectivity index (χ1) is 15.6. The molecular weight excluding hydrogens is 489 g/mol. The van der Waals surface area contributed by atoms with Crippen LogP contribution in [0.25, 0.3) is 0 Å². The standard InChI is InChI=1S/C22H23Cl2N3O5S/c1-3-18(21(29)25-4-2)26(12-15-16(23)9-7-10-17(15)24)20(28)13-27-22(30)14-8-5-6-11-19(14)33(27,31)32/h5-11,18H,3-4,12-13H2,1-2H3,(H,25,29)/t18-/m0/s1. The second-order valence-electron chi connectivity index (χ2n) is 7.35. The van der Waals surface area contributed by atoms with Gasteiger partial charge in [0, 0.05) is 28.7 Å². The molecule has 176 valence electrons. The Balaban J connectivity index is 1.97. The average Bonchev–Trinajstić information content (AvgIpc) is 2.96. The Kier molecular flexibility index (Phi) is 7.66. The molecule has 0 saturated carbocycles. The van der Waals surface area contributed by atoms with Crippen molar-refractivity contribution >= 4 is 50.9 Å². The first kappa shape index (κ1) is 25.0. The molecule has 2 aromatic rings. The van der Waals surface area contributed by atoms with Crippen molar-refractivity contribution in [3.63, 3.8) is 0 Å². The molecule has 0 aliphatic carbocycles. The van der Waals surface area contributed by atoms with Crippen molar-refractivity contribution < 1.29 is 22.8 Å². The zero-order chi connectivity index (χ0) is 24.3. The van der Waals surface area contributed by atoms with Crippen molar-refractivity contribution in [2.24, 2.45) is 0 Å². The highest BCUT2D eigenvalue weighted by molar-refractivity contribution is 7.90. The Morgan fingerprint density at radius 1 is 1.06 bits per heavy atom. The fourth-order valence-corrected chi connectivity index (χ4v) is 5.70. The number of halogens is 2. The van der Waals surface area contributed by atoms with Crippen LogP contribution in [-0.4, -0.2) is 54.5 Å². The molecule has 8 nitrogen and oxygen atoms in total. The summed E-state index contributed by atoms with van der Waals surface area (Å²) in [5.41, 5.74) is 0.414. The normalized spacial score (nSPS) is 15.2. The van der Waals surface area contributed by atoms with Crippen LogP contribution in [-0.2, 0) is 26.2 Å². The van der Waals surface area contributed by atoms with Gasteiger partial charge in [0.05, 0.1) is 5.56 Å². The van der Waals surface area contributed by atoms with Crippen LogP contribution in [0.3, 0.4) is 0 Å². The van der Waals surface area contributed by atoms with Crippen molar-refractivity contribution in [1.29, 1.82) is 0 Å². The predicted octanol–water partition coefficient (Wildman–Crippen LogP) is 3.08. The van der Waals surface area contributed by atoms with Crippen molar-refractivity contribution in [2.45, 2.75) is 37.8 Å². The van der Waals surface area contributed by atoms with Crippen LogP contribution in [0.4, 0.5) is 0 Å². The van der Waals surface area contributed by atoms with E-state index < -0.39 is 40.3 Å². The molecule has 1 atom stereocenters. The van der Waals surface area contributed by atoms with Crippen LogP contribution in [0, 0.1) is 0 Å². The summed E-state index contributed by atoms with van der Waals surface area (Å²) in [5, 5.41) is 3.27. The van der Waals surface area contributed by atoms with Gasteiger partial charge in [-0.05, 0) is 37.6 Å². The Labute approximate surface area is 202 Å². The number of rotatable bonds is 8. The van der Waals surface area contributed by atoms with Gasteiger partial charge >= 0.3 is 0 Å². The maximum atomic E-state index is 13.4. The summed E-state index contributed by atoms with van der Waals surface area (Å²) < 4.78 is 26.3. The van der Waals surface area contributed by atoms with Gasteiger partial charge in [0.1, 0.15) is 17.5 Å². The Hall–Kier alpha value is -2.62. The minimum atomic E-state index is -4.19. The number of nitrogens with one attached hydrogen (secondary N) is 1. The summed E-state index contributed by atoms with van der Waals surface area (Å²) in [7, 11) is -4.19. The van der Waals surface area contributed by atoms with Gasteiger partial charge in [-0.2, -0.15) is 0 Å². The van der Waals surface area contributed by atoms with E-state index in [1.54, 1.807) is 38.1 Å². The summed E-state index contributed by atoms with van der Waals surface area (Å²) in [5.74, 6) is -1.93. The third-order valence-electron chi connectivity index (χ3n) is 5.32. The van der Waals surface area contributed by atoms with Gasteiger partial charge in [0.25, 0.3) is 15.9 Å². The minimum absolute atomic E-state index is 0.00164. The predicted molar refractivity (Wildman–Crippen MR) is 124 cm³/mol.